The molecule has 0 saturated heterocycles. The minimum atomic E-state index is -2.68. The molecule has 1 aliphatic rings. The summed E-state index contributed by atoms with van der Waals surface area (Å²) in [6.45, 7) is 0. The van der Waals surface area contributed by atoms with Crippen LogP contribution in [0.5, 0.6) is 0 Å². The number of carbonyl (C=O) groups is 1. The van der Waals surface area contributed by atoms with E-state index in [9.17, 15) is 13.6 Å². The number of nitrogens with zero attached hydrogens (tertiary/aromatic N) is 2. The highest BCUT2D eigenvalue weighted by atomic mass is 79.9. The molecule has 1 aliphatic heterocycles. The average molecular weight is 289 g/mol. The summed E-state index contributed by atoms with van der Waals surface area (Å²) in [5, 5.41) is 4.61. The van der Waals surface area contributed by atoms with Gasteiger partial charge in [-0.05, 0) is 24.3 Å². The lowest BCUT2D eigenvalue weighted by atomic mass is 10.2. The largest absolute Gasteiger partial charge is 0.278 e. The molecule has 0 atom stereocenters. The number of hydrazone groups is 1. The number of carbonyl (C=O) groups excluding carboxylic acids is 1. The van der Waals surface area contributed by atoms with Crippen molar-refractivity contribution in [1.29, 1.82) is 0 Å². The van der Waals surface area contributed by atoms with Gasteiger partial charge in [0.05, 0.1) is 12.1 Å². The molecule has 0 saturated carbocycles. The van der Waals surface area contributed by atoms with Crippen molar-refractivity contribution >= 4 is 33.2 Å². The van der Waals surface area contributed by atoms with Gasteiger partial charge in [-0.2, -0.15) is 5.10 Å². The molecule has 84 valence electrons. The second-order valence-electron chi connectivity index (χ2n) is 3.25. The van der Waals surface area contributed by atoms with E-state index >= 15 is 0 Å². The molecule has 2 rings (SSSR count). The predicted molar refractivity (Wildman–Crippen MR) is 59.7 cm³/mol. The van der Waals surface area contributed by atoms with Gasteiger partial charge in [-0.3, -0.25) is 4.79 Å². The van der Waals surface area contributed by atoms with Crippen LogP contribution in [0.25, 0.3) is 0 Å². The second-order valence-corrected chi connectivity index (χ2v) is 4.17. The fourth-order valence-electron chi connectivity index (χ4n) is 1.35. The summed E-state index contributed by atoms with van der Waals surface area (Å²) in [6, 6.07) is 6.72. The number of benzene rings is 1. The Bertz CT molecular complexity index is 445. The highest BCUT2D eigenvalue weighted by molar-refractivity contribution is 9.10. The van der Waals surface area contributed by atoms with Crippen molar-refractivity contribution in [3.05, 3.63) is 28.7 Å². The van der Waals surface area contributed by atoms with Crippen molar-refractivity contribution in [3.63, 3.8) is 0 Å². The van der Waals surface area contributed by atoms with Crippen LogP contribution in [-0.4, -0.2) is 18.0 Å². The van der Waals surface area contributed by atoms with Crippen LogP contribution in [0.1, 0.15) is 6.42 Å². The van der Waals surface area contributed by atoms with Gasteiger partial charge in [-0.1, -0.05) is 15.9 Å². The second kappa shape index (κ2) is 4.29. The number of anilines is 1. The SMILES string of the molecule is O=C1CC(C(F)F)=NN1c1ccc(Br)cc1. The molecule has 0 aliphatic carbocycles. The normalized spacial score (nSPS) is 15.9. The quantitative estimate of drug-likeness (QED) is 0.824. The van der Waals surface area contributed by atoms with E-state index in [1.807, 2.05) is 0 Å². The molecule has 0 bridgehead atoms. The minimum Gasteiger partial charge on any atom is -0.272 e. The summed E-state index contributed by atoms with van der Waals surface area (Å²) in [6.07, 6.45) is -2.99. The zero-order chi connectivity index (χ0) is 11.7. The molecule has 1 aromatic rings. The molecule has 0 fully saturated rings. The van der Waals surface area contributed by atoms with Crippen LogP contribution < -0.4 is 5.01 Å². The van der Waals surface area contributed by atoms with Crippen LogP contribution in [0.15, 0.2) is 33.8 Å². The van der Waals surface area contributed by atoms with Crippen molar-refractivity contribution < 1.29 is 13.6 Å². The smallest absolute Gasteiger partial charge is 0.272 e. The maximum Gasteiger partial charge on any atom is 0.278 e. The van der Waals surface area contributed by atoms with Crippen molar-refractivity contribution in [2.45, 2.75) is 12.8 Å². The first-order valence-corrected chi connectivity index (χ1v) is 5.31. The Hall–Kier alpha value is -1.30. The monoisotopic (exact) mass is 288 g/mol. The van der Waals surface area contributed by atoms with Gasteiger partial charge in [0.25, 0.3) is 12.3 Å². The Morgan fingerprint density at radius 2 is 1.94 bits per heavy atom. The van der Waals surface area contributed by atoms with Crippen molar-refractivity contribution in [2.24, 2.45) is 5.10 Å². The van der Waals surface area contributed by atoms with Gasteiger partial charge in [0.1, 0.15) is 5.71 Å². The van der Waals surface area contributed by atoms with Gasteiger partial charge >= 0.3 is 0 Å². The van der Waals surface area contributed by atoms with E-state index in [4.69, 9.17) is 0 Å². The standard InChI is InChI=1S/C10H7BrF2N2O/c11-6-1-3-7(4-2-6)15-9(16)5-8(14-15)10(12)13/h1-4,10H,5H2. The van der Waals surface area contributed by atoms with E-state index in [1.54, 1.807) is 24.3 Å². The van der Waals surface area contributed by atoms with Crippen LogP contribution in [0.3, 0.4) is 0 Å². The molecule has 0 spiro atoms. The predicted octanol–water partition coefficient (Wildman–Crippen LogP) is 2.81. The molecular weight excluding hydrogens is 282 g/mol. The fourth-order valence-corrected chi connectivity index (χ4v) is 1.62. The molecule has 6 heteroatoms. The third-order valence-electron chi connectivity index (χ3n) is 2.12. The Labute approximate surface area is 98.9 Å². The molecule has 16 heavy (non-hydrogen) atoms. The van der Waals surface area contributed by atoms with Crippen LogP contribution >= 0.6 is 15.9 Å². The number of hydrogen-bond acceptors (Lipinski definition) is 2. The topological polar surface area (TPSA) is 32.7 Å². The third kappa shape index (κ3) is 2.11. The summed E-state index contributed by atoms with van der Waals surface area (Å²) < 4.78 is 25.5. The van der Waals surface area contributed by atoms with Crippen LogP contribution in [-0.2, 0) is 4.79 Å². The Kier molecular flexibility index (Phi) is 3.00. The highest BCUT2D eigenvalue weighted by Crippen LogP contribution is 2.23. The van der Waals surface area contributed by atoms with Gasteiger partial charge < -0.3 is 0 Å². The molecule has 1 heterocycles. The van der Waals surface area contributed by atoms with E-state index in [1.165, 1.54) is 0 Å². The number of amides is 1. The first-order valence-electron chi connectivity index (χ1n) is 4.52. The minimum absolute atomic E-state index is 0.312. The van der Waals surface area contributed by atoms with Gasteiger partial charge in [-0.15, -0.1) is 0 Å². The summed E-state index contributed by atoms with van der Waals surface area (Å²) in [7, 11) is 0. The molecule has 0 radical (unpaired) electrons. The molecule has 0 aromatic heterocycles. The molecular formula is C10H7BrF2N2O. The summed E-state index contributed by atoms with van der Waals surface area (Å²) >= 11 is 3.24. The Morgan fingerprint density at radius 3 is 2.44 bits per heavy atom. The molecule has 1 amide bonds. The number of alkyl halides is 2. The Morgan fingerprint density at radius 1 is 1.31 bits per heavy atom. The highest BCUT2D eigenvalue weighted by Gasteiger charge is 2.29. The Balaban J connectivity index is 2.28. The van der Waals surface area contributed by atoms with Gasteiger partial charge in [-0.25, -0.2) is 13.8 Å². The number of hydrogen-bond donors (Lipinski definition) is 0. The zero-order valence-corrected chi connectivity index (χ0v) is 9.62. The fraction of sp³-hybridized carbons (Fsp3) is 0.200. The lowest BCUT2D eigenvalue weighted by Crippen LogP contribution is -2.19. The van der Waals surface area contributed by atoms with Gasteiger partial charge in [0.15, 0.2) is 0 Å². The van der Waals surface area contributed by atoms with Crippen molar-refractivity contribution in [2.75, 3.05) is 5.01 Å². The van der Waals surface area contributed by atoms with Crippen LogP contribution in [0.4, 0.5) is 14.5 Å². The van der Waals surface area contributed by atoms with Crippen molar-refractivity contribution in [3.8, 4) is 0 Å². The molecule has 0 unspecified atom stereocenters. The van der Waals surface area contributed by atoms with E-state index in [-0.39, 0.29) is 12.1 Å². The maximum absolute atomic E-state index is 12.3. The lowest BCUT2D eigenvalue weighted by molar-refractivity contribution is -0.117. The van der Waals surface area contributed by atoms with Crippen LogP contribution in [0, 0.1) is 0 Å². The van der Waals surface area contributed by atoms with E-state index < -0.39 is 12.3 Å². The van der Waals surface area contributed by atoms with E-state index in [0.29, 0.717) is 5.69 Å². The van der Waals surface area contributed by atoms with Crippen LogP contribution in [0.2, 0.25) is 0 Å². The van der Waals surface area contributed by atoms with Gasteiger partial charge in [0.2, 0.25) is 0 Å². The molecule has 0 N–H and O–H groups in total. The molecule has 1 aromatic carbocycles. The zero-order valence-electron chi connectivity index (χ0n) is 8.03. The lowest BCUT2D eigenvalue weighted by Gasteiger charge is -2.11. The number of halogens is 3. The van der Waals surface area contributed by atoms with Crippen molar-refractivity contribution in [1.82, 2.24) is 0 Å². The summed E-state index contributed by atoms with van der Waals surface area (Å²) in [5.41, 5.74) is 0.108. The maximum atomic E-state index is 12.3. The molecule has 3 nitrogen and oxygen atoms in total. The van der Waals surface area contributed by atoms with E-state index in [0.717, 1.165) is 9.48 Å². The summed E-state index contributed by atoms with van der Waals surface area (Å²) in [4.78, 5) is 11.4. The average Bonchev–Trinajstić information content (AvgIpc) is 2.62. The third-order valence-corrected chi connectivity index (χ3v) is 2.65. The van der Waals surface area contributed by atoms with Gasteiger partial charge in [0, 0.05) is 4.47 Å². The summed E-state index contributed by atoms with van der Waals surface area (Å²) in [5.74, 6) is -0.433. The first-order chi connectivity index (χ1) is 7.58. The van der Waals surface area contributed by atoms with E-state index in [2.05, 4.69) is 21.0 Å². The number of rotatable bonds is 2. The first kappa shape index (κ1) is 11.2.